The molecule has 0 bridgehead atoms. The number of carbonyl (C=O) groups excluding carboxylic acids is 1. The average Bonchev–Trinajstić information content (AvgIpc) is 2.84. The van der Waals surface area contributed by atoms with Gasteiger partial charge in [0.25, 0.3) is 0 Å². The molecule has 0 aliphatic rings. The van der Waals surface area contributed by atoms with Gasteiger partial charge in [0.05, 0.1) is 18.9 Å². The zero-order chi connectivity index (χ0) is 15.8. The molecule has 1 rings (SSSR count). The minimum atomic E-state index is -0.718. The van der Waals surface area contributed by atoms with Crippen molar-refractivity contribution in [3.8, 4) is 0 Å². The molecule has 3 N–H and O–H groups in total. The maximum atomic E-state index is 11.8. The summed E-state index contributed by atoms with van der Waals surface area (Å²) in [6, 6.07) is 1.51. The van der Waals surface area contributed by atoms with Crippen LogP contribution >= 0.6 is 0 Å². The molecule has 0 saturated carbocycles. The second-order valence-electron chi connectivity index (χ2n) is 5.67. The Kier molecular flexibility index (Phi) is 7.18. The number of amides is 2. The first kappa shape index (κ1) is 17.5. The molecule has 1 unspecified atom stereocenters. The van der Waals surface area contributed by atoms with Crippen molar-refractivity contribution < 1.29 is 14.6 Å². The van der Waals surface area contributed by atoms with Crippen LogP contribution in [0.25, 0.3) is 0 Å². The van der Waals surface area contributed by atoms with Crippen molar-refractivity contribution in [3.63, 3.8) is 0 Å². The number of hydrogen-bond acceptors (Lipinski definition) is 4. The lowest BCUT2D eigenvalue weighted by Crippen LogP contribution is -2.37. The van der Waals surface area contributed by atoms with E-state index in [1.807, 2.05) is 27.7 Å². The van der Waals surface area contributed by atoms with Crippen LogP contribution in [-0.4, -0.2) is 46.8 Å². The van der Waals surface area contributed by atoms with E-state index in [0.717, 1.165) is 0 Å². The topological polar surface area (TPSA) is 88.4 Å². The van der Waals surface area contributed by atoms with E-state index in [0.29, 0.717) is 18.3 Å². The van der Waals surface area contributed by atoms with Gasteiger partial charge in [0, 0.05) is 25.3 Å². The number of aromatic nitrogens is 2. The SMILES string of the molecule is CC(C)COCC(O)CNC(=O)Nc1ccnn1C(C)C. The Morgan fingerprint density at radius 2 is 2.10 bits per heavy atom. The minimum Gasteiger partial charge on any atom is -0.389 e. The van der Waals surface area contributed by atoms with Gasteiger partial charge >= 0.3 is 6.03 Å². The number of carbonyl (C=O) groups is 1. The van der Waals surface area contributed by atoms with Crippen LogP contribution < -0.4 is 10.6 Å². The summed E-state index contributed by atoms with van der Waals surface area (Å²) >= 11 is 0. The molecule has 0 aromatic carbocycles. The third-order valence-electron chi connectivity index (χ3n) is 2.66. The first-order valence-electron chi connectivity index (χ1n) is 7.24. The molecule has 2 amide bonds. The predicted molar refractivity (Wildman–Crippen MR) is 81.3 cm³/mol. The van der Waals surface area contributed by atoms with Gasteiger partial charge in [-0.25, -0.2) is 9.48 Å². The molecule has 1 aromatic rings. The predicted octanol–water partition coefficient (Wildman–Crippen LogP) is 1.62. The number of ether oxygens (including phenoxy) is 1. The zero-order valence-corrected chi connectivity index (χ0v) is 13.2. The number of nitrogens with zero attached hydrogens (tertiary/aromatic N) is 2. The number of rotatable bonds is 8. The molecule has 0 fully saturated rings. The van der Waals surface area contributed by atoms with Crippen molar-refractivity contribution in [2.75, 3.05) is 25.1 Å². The standard InChI is InChI=1S/C14H26N4O3/c1-10(2)8-21-9-12(19)7-15-14(20)17-13-5-6-16-18(13)11(3)4/h5-6,10-12,19H,7-9H2,1-4H3,(H2,15,17,20). The molecule has 1 atom stereocenters. The van der Waals surface area contributed by atoms with Crippen molar-refractivity contribution in [3.05, 3.63) is 12.3 Å². The van der Waals surface area contributed by atoms with Crippen LogP contribution in [0.3, 0.4) is 0 Å². The molecule has 21 heavy (non-hydrogen) atoms. The summed E-state index contributed by atoms with van der Waals surface area (Å²) in [6.45, 7) is 8.97. The first-order valence-corrected chi connectivity index (χ1v) is 7.24. The van der Waals surface area contributed by atoms with Gasteiger partial charge in [-0.15, -0.1) is 0 Å². The van der Waals surface area contributed by atoms with E-state index < -0.39 is 6.10 Å². The fourth-order valence-electron chi connectivity index (χ4n) is 1.69. The fraction of sp³-hybridized carbons (Fsp3) is 0.714. The second kappa shape index (κ2) is 8.63. The van der Waals surface area contributed by atoms with Gasteiger partial charge in [-0.2, -0.15) is 5.10 Å². The van der Waals surface area contributed by atoms with Gasteiger partial charge in [0.2, 0.25) is 0 Å². The monoisotopic (exact) mass is 298 g/mol. The lowest BCUT2D eigenvalue weighted by Gasteiger charge is -2.15. The Balaban J connectivity index is 2.29. The van der Waals surface area contributed by atoms with E-state index >= 15 is 0 Å². The zero-order valence-electron chi connectivity index (χ0n) is 13.2. The number of hydrogen-bond donors (Lipinski definition) is 3. The molecular formula is C14H26N4O3. The normalized spacial score (nSPS) is 12.7. The maximum absolute atomic E-state index is 11.8. The van der Waals surface area contributed by atoms with Crippen LogP contribution in [0.1, 0.15) is 33.7 Å². The van der Waals surface area contributed by atoms with E-state index in [-0.39, 0.29) is 25.2 Å². The number of urea groups is 1. The van der Waals surface area contributed by atoms with Crippen molar-refractivity contribution in [2.24, 2.45) is 5.92 Å². The summed E-state index contributed by atoms with van der Waals surface area (Å²) < 4.78 is 7.02. The summed E-state index contributed by atoms with van der Waals surface area (Å²) in [6.07, 6.45) is 0.911. The fourth-order valence-corrected chi connectivity index (χ4v) is 1.69. The second-order valence-corrected chi connectivity index (χ2v) is 5.67. The summed E-state index contributed by atoms with van der Waals surface area (Å²) in [4.78, 5) is 11.8. The minimum absolute atomic E-state index is 0.139. The molecular weight excluding hydrogens is 272 g/mol. The Bertz CT molecular complexity index is 432. The summed E-state index contributed by atoms with van der Waals surface area (Å²) in [5.41, 5.74) is 0. The Morgan fingerprint density at radius 1 is 1.38 bits per heavy atom. The molecule has 120 valence electrons. The van der Waals surface area contributed by atoms with E-state index in [9.17, 15) is 9.90 Å². The molecule has 7 heteroatoms. The molecule has 0 aliphatic heterocycles. The number of nitrogens with one attached hydrogen (secondary N) is 2. The van der Waals surface area contributed by atoms with Gasteiger partial charge in [-0.05, 0) is 19.8 Å². The van der Waals surface area contributed by atoms with Crippen LogP contribution in [0.4, 0.5) is 10.6 Å². The van der Waals surface area contributed by atoms with Gasteiger partial charge in [0.1, 0.15) is 5.82 Å². The highest BCUT2D eigenvalue weighted by molar-refractivity contribution is 5.88. The molecule has 0 saturated heterocycles. The Hall–Kier alpha value is -1.60. The lowest BCUT2D eigenvalue weighted by molar-refractivity contribution is 0.0274. The van der Waals surface area contributed by atoms with Crippen LogP contribution in [0, 0.1) is 5.92 Å². The summed E-state index contributed by atoms with van der Waals surface area (Å²) in [5, 5.41) is 19.1. The van der Waals surface area contributed by atoms with Gasteiger partial charge in [0.15, 0.2) is 0 Å². The van der Waals surface area contributed by atoms with Crippen molar-refractivity contribution >= 4 is 11.8 Å². The van der Waals surface area contributed by atoms with Crippen LogP contribution in [0.15, 0.2) is 12.3 Å². The van der Waals surface area contributed by atoms with Crippen molar-refractivity contribution in [1.29, 1.82) is 0 Å². The van der Waals surface area contributed by atoms with Gasteiger partial charge in [-0.3, -0.25) is 5.32 Å². The highest BCUT2D eigenvalue weighted by atomic mass is 16.5. The summed E-state index contributed by atoms with van der Waals surface area (Å²) in [5.74, 6) is 1.04. The Labute approximate surface area is 125 Å². The molecule has 7 nitrogen and oxygen atoms in total. The smallest absolute Gasteiger partial charge is 0.320 e. The highest BCUT2D eigenvalue weighted by Gasteiger charge is 2.11. The number of aliphatic hydroxyl groups excluding tert-OH is 1. The van der Waals surface area contributed by atoms with Crippen LogP contribution in [0.2, 0.25) is 0 Å². The quantitative estimate of drug-likeness (QED) is 0.680. The average molecular weight is 298 g/mol. The van der Waals surface area contributed by atoms with Crippen molar-refractivity contribution in [1.82, 2.24) is 15.1 Å². The number of anilines is 1. The number of aliphatic hydroxyl groups is 1. The van der Waals surface area contributed by atoms with E-state index in [4.69, 9.17) is 4.74 Å². The van der Waals surface area contributed by atoms with E-state index in [1.54, 1.807) is 16.9 Å². The van der Waals surface area contributed by atoms with Crippen molar-refractivity contribution in [2.45, 2.75) is 39.8 Å². The van der Waals surface area contributed by atoms with E-state index in [2.05, 4.69) is 15.7 Å². The van der Waals surface area contributed by atoms with Gasteiger partial charge < -0.3 is 15.2 Å². The summed E-state index contributed by atoms with van der Waals surface area (Å²) in [7, 11) is 0. The first-order chi connectivity index (χ1) is 9.90. The van der Waals surface area contributed by atoms with Gasteiger partial charge in [-0.1, -0.05) is 13.8 Å². The van der Waals surface area contributed by atoms with E-state index in [1.165, 1.54) is 0 Å². The third kappa shape index (κ3) is 6.59. The third-order valence-corrected chi connectivity index (χ3v) is 2.66. The Morgan fingerprint density at radius 3 is 2.71 bits per heavy atom. The lowest BCUT2D eigenvalue weighted by atomic mass is 10.2. The maximum Gasteiger partial charge on any atom is 0.320 e. The van der Waals surface area contributed by atoms with Crippen LogP contribution in [-0.2, 0) is 4.74 Å². The largest absolute Gasteiger partial charge is 0.389 e. The molecule has 0 aliphatic carbocycles. The molecule has 1 heterocycles. The molecule has 0 spiro atoms. The van der Waals surface area contributed by atoms with Crippen LogP contribution in [0.5, 0.6) is 0 Å². The molecule has 1 aromatic heterocycles. The molecule has 0 radical (unpaired) electrons. The highest BCUT2D eigenvalue weighted by Crippen LogP contribution is 2.12.